The van der Waals surface area contributed by atoms with E-state index in [4.69, 9.17) is 33.5 Å². The maximum atomic E-state index is 10.7. The van der Waals surface area contributed by atoms with Crippen molar-refractivity contribution in [3.05, 3.63) is 77.2 Å². The number of halogens is 1. The minimum Gasteiger partial charge on any atom is -0.492 e. The van der Waals surface area contributed by atoms with Gasteiger partial charge in [0.2, 0.25) is 11.8 Å². The number of allylic oxidation sites excluding steroid dienone is 3. The molecular formula is C32H54ClN3O3S. The number of aryl methyl sites for hydroxylation is 1. The average molecular weight is 596 g/mol. The number of primary amides is 2. The van der Waals surface area contributed by atoms with E-state index in [-0.39, 0.29) is 24.3 Å². The summed E-state index contributed by atoms with van der Waals surface area (Å²) in [7, 11) is 0. The second-order valence-electron chi connectivity index (χ2n) is 8.60. The number of nitrogens with two attached hydrogens (primary N) is 3. The van der Waals surface area contributed by atoms with Crippen LogP contribution in [0, 0.1) is 0 Å². The normalized spacial score (nSPS) is 11.3. The van der Waals surface area contributed by atoms with Crippen molar-refractivity contribution in [1.82, 2.24) is 0 Å². The molecule has 1 aromatic rings. The molecule has 2 amide bonds. The van der Waals surface area contributed by atoms with Gasteiger partial charge in [-0.2, -0.15) is 0 Å². The summed E-state index contributed by atoms with van der Waals surface area (Å²) >= 11 is 7.79. The van der Waals surface area contributed by atoms with Crippen LogP contribution in [0.4, 0.5) is 0 Å². The Hall–Kier alpha value is -2.48. The average Bonchev–Trinajstić information content (AvgIpc) is 2.91. The highest BCUT2D eigenvalue weighted by Gasteiger charge is 2.08. The van der Waals surface area contributed by atoms with Gasteiger partial charge in [0.1, 0.15) is 12.4 Å². The fraction of sp³-hybridized carbons (Fsp3) is 0.500. The first-order valence-electron chi connectivity index (χ1n) is 14.0. The smallest absolute Gasteiger partial charge is 0.217 e. The lowest BCUT2D eigenvalue weighted by Crippen LogP contribution is -2.29. The van der Waals surface area contributed by atoms with Crippen molar-refractivity contribution in [1.29, 1.82) is 0 Å². The number of ether oxygens (including phenoxy) is 1. The van der Waals surface area contributed by atoms with E-state index < -0.39 is 0 Å². The van der Waals surface area contributed by atoms with Crippen LogP contribution in [0.25, 0.3) is 0 Å². The van der Waals surface area contributed by atoms with Crippen molar-refractivity contribution in [3.8, 4) is 5.75 Å². The zero-order chi connectivity index (χ0) is 31.5. The molecule has 0 fully saturated rings. The van der Waals surface area contributed by atoms with Crippen LogP contribution in [0.2, 0.25) is 5.02 Å². The zero-order valence-electron chi connectivity index (χ0n) is 25.6. The first kappa shape index (κ1) is 42.0. The van der Waals surface area contributed by atoms with E-state index in [1.807, 2.05) is 64.3 Å². The standard InChI is InChI=1S/C17H26ClN3O3.C11H16S.2C2H6/c18-13-8-12(4-2-1-3-5-16(20)22)9-15(10-13)24-11-14(19)6-7-17(21)23;1-6-12-11(5)10(4)8-7-9(2)3;2*1-2/h8-10,14H,1-7,11,19H2,(H2,20,22)(H2,21,23);6-8,11H,1-2,4H2,3,5H3;2*1-2H3/b;8-7-;;. The van der Waals surface area contributed by atoms with Gasteiger partial charge < -0.3 is 21.9 Å². The van der Waals surface area contributed by atoms with Crippen molar-refractivity contribution in [2.24, 2.45) is 17.2 Å². The van der Waals surface area contributed by atoms with Crippen molar-refractivity contribution in [3.63, 3.8) is 0 Å². The van der Waals surface area contributed by atoms with Crippen molar-refractivity contribution < 1.29 is 14.3 Å². The molecule has 6 nitrogen and oxygen atoms in total. The number of unbranched alkanes of at least 4 members (excludes halogenated alkanes) is 2. The molecule has 1 aromatic carbocycles. The Morgan fingerprint density at radius 1 is 1.00 bits per heavy atom. The lowest BCUT2D eigenvalue weighted by molar-refractivity contribution is -0.119. The van der Waals surface area contributed by atoms with E-state index >= 15 is 0 Å². The largest absolute Gasteiger partial charge is 0.492 e. The summed E-state index contributed by atoms with van der Waals surface area (Å²) in [5, 5.41) is 2.84. The van der Waals surface area contributed by atoms with E-state index in [0.29, 0.717) is 35.5 Å². The van der Waals surface area contributed by atoms with Gasteiger partial charge in [-0.1, -0.05) is 83.2 Å². The molecule has 0 aliphatic heterocycles. The highest BCUT2D eigenvalue weighted by Crippen LogP contribution is 2.23. The molecule has 0 saturated carbocycles. The molecule has 2 atom stereocenters. The molecule has 0 saturated heterocycles. The second kappa shape index (κ2) is 28.1. The molecule has 0 aliphatic carbocycles. The Labute approximate surface area is 253 Å². The predicted octanol–water partition coefficient (Wildman–Crippen LogP) is 7.89. The molecule has 228 valence electrons. The van der Waals surface area contributed by atoms with Gasteiger partial charge in [0.25, 0.3) is 0 Å². The summed E-state index contributed by atoms with van der Waals surface area (Å²) in [5.74, 6) is 0.0251. The Balaban J connectivity index is -0.000000720. The molecule has 2 unspecified atom stereocenters. The minimum atomic E-state index is -0.369. The summed E-state index contributed by atoms with van der Waals surface area (Å²) in [5.41, 5.74) is 19.3. The van der Waals surface area contributed by atoms with Crippen molar-refractivity contribution in [2.75, 3.05) is 6.61 Å². The molecule has 0 heterocycles. The Morgan fingerprint density at radius 3 is 2.12 bits per heavy atom. The molecule has 0 spiro atoms. The fourth-order valence-electron chi connectivity index (χ4n) is 2.88. The molecule has 0 radical (unpaired) electrons. The molecule has 0 aromatic heterocycles. The number of hydrogen-bond acceptors (Lipinski definition) is 5. The first-order valence-corrected chi connectivity index (χ1v) is 15.3. The van der Waals surface area contributed by atoms with Gasteiger partial charge >= 0.3 is 0 Å². The van der Waals surface area contributed by atoms with Crippen molar-refractivity contribution in [2.45, 2.75) is 97.8 Å². The molecule has 0 aliphatic rings. The molecule has 1 rings (SSSR count). The quantitative estimate of drug-likeness (QED) is 0.125. The third kappa shape index (κ3) is 27.1. The van der Waals surface area contributed by atoms with Gasteiger partial charge in [0.05, 0.1) is 0 Å². The Morgan fingerprint density at radius 2 is 1.60 bits per heavy atom. The number of carbonyl (C=O) groups is 2. The topological polar surface area (TPSA) is 121 Å². The zero-order valence-corrected chi connectivity index (χ0v) is 27.2. The lowest BCUT2D eigenvalue weighted by Gasteiger charge is -2.13. The van der Waals surface area contributed by atoms with Gasteiger partial charge in [-0.05, 0) is 74.3 Å². The van der Waals surface area contributed by atoms with Gasteiger partial charge in [0, 0.05) is 29.2 Å². The van der Waals surface area contributed by atoms with E-state index in [9.17, 15) is 9.59 Å². The lowest BCUT2D eigenvalue weighted by atomic mass is 10.1. The fourth-order valence-corrected chi connectivity index (χ4v) is 3.67. The summed E-state index contributed by atoms with van der Waals surface area (Å²) in [6.07, 6.45) is 8.67. The van der Waals surface area contributed by atoms with Crippen LogP contribution in [0.3, 0.4) is 0 Å². The molecule has 0 bridgehead atoms. The van der Waals surface area contributed by atoms with E-state index in [0.717, 1.165) is 42.4 Å². The van der Waals surface area contributed by atoms with Gasteiger partial charge in [0.15, 0.2) is 0 Å². The SMILES string of the molecule is C=CSC(C)C(=C)/C=C\C(=C)C.CC.CC.NC(=O)CCCCCc1cc(Cl)cc(OCC(N)CCC(N)=O)c1. The van der Waals surface area contributed by atoms with Crippen LogP contribution in [0.1, 0.15) is 85.6 Å². The highest BCUT2D eigenvalue weighted by molar-refractivity contribution is 8.02. The summed E-state index contributed by atoms with van der Waals surface area (Å²) < 4.78 is 5.66. The summed E-state index contributed by atoms with van der Waals surface area (Å²) in [6, 6.07) is 5.31. The van der Waals surface area contributed by atoms with Crippen LogP contribution >= 0.6 is 23.4 Å². The number of rotatable bonds is 17. The van der Waals surface area contributed by atoms with Crippen LogP contribution < -0.4 is 21.9 Å². The molecular weight excluding hydrogens is 542 g/mol. The van der Waals surface area contributed by atoms with E-state index in [1.165, 1.54) is 0 Å². The van der Waals surface area contributed by atoms with Gasteiger partial charge in [-0.15, -0.1) is 11.8 Å². The Bertz CT molecular complexity index is 903. The maximum Gasteiger partial charge on any atom is 0.217 e. The van der Waals surface area contributed by atoms with Crippen LogP contribution in [-0.2, 0) is 16.0 Å². The Kier molecular flexibility index (Phi) is 29.5. The molecule has 8 heteroatoms. The van der Waals surface area contributed by atoms with E-state index in [1.54, 1.807) is 17.8 Å². The number of carbonyl (C=O) groups excluding carboxylic acids is 2. The van der Waals surface area contributed by atoms with Crippen LogP contribution in [0.15, 0.2) is 66.6 Å². The molecule has 40 heavy (non-hydrogen) atoms. The third-order valence-corrected chi connectivity index (χ3v) is 6.07. The summed E-state index contributed by atoms with van der Waals surface area (Å²) in [6.45, 7) is 23.8. The first-order chi connectivity index (χ1) is 18.9. The minimum absolute atomic E-state index is 0.247. The van der Waals surface area contributed by atoms with Gasteiger partial charge in [-0.25, -0.2) is 0 Å². The summed E-state index contributed by atoms with van der Waals surface area (Å²) in [4.78, 5) is 21.4. The number of hydrogen-bond donors (Lipinski definition) is 3. The highest BCUT2D eigenvalue weighted by atomic mass is 35.5. The third-order valence-electron chi connectivity index (χ3n) is 4.95. The maximum absolute atomic E-state index is 10.7. The predicted molar refractivity (Wildman–Crippen MR) is 178 cm³/mol. The number of thioether (sulfide) groups is 1. The second-order valence-corrected chi connectivity index (χ2v) is 10.3. The van der Waals surface area contributed by atoms with Crippen LogP contribution in [-0.4, -0.2) is 29.7 Å². The van der Waals surface area contributed by atoms with Crippen molar-refractivity contribution >= 4 is 35.2 Å². The number of benzene rings is 1. The number of amides is 2. The monoisotopic (exact) mass is 595 g/mol. The van der Waals surface area contributed by atoms with Crippen LogP contribution in [0.5, 0.6) is 5.75 Å². The van der Waals surface area contributed by atoms with Gasteiger partial charge in [-0.3, -0.25) is 9.59 Å². The van der Waals surface area contributed by atoms with E-state index in [2.05, 4.69) is 26.7 Å². The molecule has 6 N–H and O–H groups in total.